The predicted molar refractivity (Wildman–Crippen MR) is 87.9 cm³/mol. The number of anilines is 1. The molecular weight excluding hydrogens is 336 g/mol. The molecule has 1 fully saturated rings. The summed E-state index contributed by atoms with van der Waals surface area (Å²) in [6, 6.07) is 6.00. The zero-order valence-electron chi connectivity index (χ0n) is 12.5. The molecular formula is C15H16N2O4S2. The first-order chi connectivity index (χ1) is 10.8. The van der Waals surface area contributed by atoms with Crippen LogP contribution in [0.4, 0.5) is 5.13 Å². The summed E-state index contributed by atoms with van der Waals surface area (Å²) in [4.78, 5) is 19.3. The minimum absolute atomic E-state index is 0.121. The average Bonchev–Trinajstić information content (AvgIpc) is 3.14. The second-order valence-electron chi connectivity index (χ2n) is 5.52. The van der Waals surface area contributed by atoms with Crippen LogP contribution in [0.3, 0.4) is 0 Å². The molecule has 1 aliphatic heterocycles. The normalized spacial score (nSPS) is 18.3. The molecule has 1 aromatic heterocycles. The lowest BCUT2D eigenvalue weighted by molar-refractivity contribution is 0.104. The molecule has 0 radical (unpaired) electrons. The molecule has 0 unspecified atom stereocenters. The second-order valence-corrected chi connectivity index (χ2v) is 8.55. The summed E-state index contributed by atoms with van der Waals surface area (Å²) in [6.07, 6.45) is 2.95. The van der Waals surface area contributed by atoms with Crippen molar-refractivity contribution in [1.82, 2.24) is 4.98 Å². The fourth-order valence-electron chi connectivity index (χ4n) is 2.44. The Morgan fingerprint density at radius 3 is 2.87 bits per heavy atom. The number of carbonyl (C=O) groups is 1. The third kappa shape index (κ3) is 3.44. The zero-order chi connectivity index (χ0) is 16.6. The first-order valence-corrected chi connectivity index (χ1v) is 9.79. The maximum absolute atomic E-state index is 12.5. The van der Waals surface area contributed by atoms with Gasteiger partial charge in [-0.25, -0.2) is 13.4 Å². The van der Waals surface area contributed by atoms with E-state index >= 15 is 0 Å². The van der Waals surface area contributed by atoms with Gasteiger partial charge in [0.2, 0.25) is 5.78 Å². The Bertz CT molecular complexity index is 845. The van der Waals surface area contributed by atoms with E-state index < -0.39 is 9.84 Å². The van der Waals surface area contributed by atoms with Gasteiger partial charge in [0.25, 0.3) is 0 Å². The van der Waals surface area contributed by atoms with Gasteiger partial charge in [0.05, 0.1) is 22.1 Å². The molecule has 2 aromatic rings. The van der Waals surface area contributed by atoms with Crippen molar-refractivity contribution in [3.05, 3.63) is 40.9 Å². The fraction of sp³-hybridized carbons (Fsp3) is 0.333. The summed E-state index contributed by atoms with van der Waals surface area (Å²) in [6.45, 7) is 1.23. The minimum Gasteiger partial charge on any atom is -0.391 e. The van der Waals surface area contributed by atoms with Gasteiger partial charge in [-0.3, -0.25) is 4.79 Å². The van der Waals surface area contributed by atoms with E-state index in [0.29, 0.717) is 35.1 Å². The van der Waals surface area contributed by atoms with Crippen molar-refractivity contribution >= 4 is 32.1 Å². The molecule has 122 valence electrons. The number of sulfone groups is 1. The highest BCUT2D eigenvalue weighted by molar-refractivity contribution is 7.90. The lowest BCUT2D eigenvalue weighted by Crippen LogP contribution is -2.20. The second kappa shape index (κ2) is 6.03. The molecule has 3 rings (SSSR count). The first-order valence-electron chi connectivity index (χ1n) is 7.08. The Balaban J connectivity index is 1.85. The van der Waals surface area contributed by atoms with E-state index in [9.17, 15) is 18.3 Å². The van der Waals surface area contributed by atoms with E-state index in [1.54, 1.807) is 12.1 Å². The van der Waals surface area contributed by atoms with Crippen LogP contribution in [0, 0.1) is 0 Å². The maximum Gasteiger partial charge on any atom is 0.204 e. The number of carbonyl (C=O) groups excluding carboxylic acids is 1. The van der Waals surface area contributed by atoms with Gasteiger partial charge in [0, 0.05) is 24.9 Å². The Kier molecular flexibility index (Phi) is 4.22. The molecule has 0 spiro atoms. The number of benzene rings is 1. The van der Waals surface area contributed by atoms with Crippen LogP contribution in [0.1, 0.15) is 21.7 Å². The number of hydrogen-bond acceptors (Lipinski definition) is 7. The maximum atomic E-state index is 12.5. The van der Waals surface area contributed by atoms with Gasteiger partial charge >= 0.3 is 0 Å². The number of aliphatic hydroxyl groups excluding tert-OH is 1. The molecule has 23 heavy (non-hydrogen) atoms. The van der Waals surface area contributed by atoms with Gasteiger partial charge in [0.1, 0.15) is 0 Å². The van der Waals surface area contributed by atoms with E-state index in [4.69, 9.17) is 0 Å². The van der Waals surface area contributed by atoms with Crippen molar-refractivity contribution in [1.29, 1.82) is 0 Å². The van der Waals surface area contributed by atoms with E-state index in [2.05, 4.69) is 4.98 Å². The lowest BCUT2D eigenvalue weighted by Gasteiger charge is -2.12. The van der Waals surface area contributed by atoms with Crippen molar-refractivity contribution < 1.29 is 18.3 Å². The molecule has 1 aromatic carbocycles. The number of β-amino-alcohol motifs (C(OH)–C–C–N with tert-alkyl or cyclic N) is 1. The Morgan fingerprint density at radius 1 is 1.43 bits per heavy atom. The SMILES string of the molecule is CS(=O)(=O)c1cccc(C(=O)c2cnc(N3CC[C@H](O)C3)s2)c1. The van der Waals surface area contributed by atoms with Crippen LogP contribution in [0.25, 0.3) is 0 Å². The molecule has 1 N–H and O–H groups in total. The number of hydrogen-bond donors (Lipinski definition) is 1. The number of nitrogens with zero attached hydrogens (tertiary/aromatic N) is 2. The van der Waals surface area contributed by atoms with Crippen LogP contribution in [0.2, 0.25) is 0 Å². The molecule has 0 bridgehead atoms. The van der Waals surface area contributed by atoms with Gasteiger partial charge < -0.3 is 10.0 Å². The highest BCUT2D eigenvalue weighted by Crippen LogP contribution is 2.27. The third-order valence-electron chi connectivity index (χ3n) is 3.68. The Labute approximate surface area is 138 Å². The van der Waals surface area contributed by atoms with Gasteiger partial charge in [-0.15, -0.1) is 0 Å². The van der Waals surface area contributed by atoms with Gasteiger partial charge in [0.15, 0.2) is 15.0 Å². The molecule has 1 saturated heterocycles. The molecule has 6 nitrogen and oxygen atoms in total. The molecule has 1 aliphatic rings. The van der Waals surface area contributed by atoms with E-state index in [1.807, 2.05) is 4.90 Å². The standard InChI is InChI=1S/C15H16N2O4S2/c1-23(20,21)12-4-2-3-10(7-12)14(19)13-8-16-15(22-13)17-6-5-11(18)9-17/h2-4,7-8,11,18H,5-6,9H2,1H3/t11-/m0/s1. The van der Waals surface area contributed by atoms with Crippen molar-refractivity contribution in [2.45, 2.75) is 17.4 Å². The lowest BCUT2D eigenvalue weighted by atomic mass is 10.1. The number of aliphatic hydroxyl groups is 1. The number of rotatable bonds is 4. The fourth-order valence-corrected chi connectivity index (χ4v) is 4.02. The van der Waals surface area contributed by atoms with Crippen LogP contribution in [-0.4, -0.2) is 49.7 Å². The van der Waals surface area contributed by atoms with E-state index in [1.165, 1.54) is 29.7 Å². The van der Waals surface area contributed by atoms with Crippen molar-refractivity contribution in [2.75, 3.05) is 24.2 Å². The van der Waals surface area contributed by atoms with E-state index in [-0.39, 0.29) is 16.8 Å². The van der Waals surface area contributed by atoms with Crippen molar-refractivity contribution in [3.8, 4) is 0 Å². The summed E-state index contributed by atoms with van der Waals surface area (Å²) < 4.78 is 23.2. The van der Waals surface area contributed by atoms with Crippen LogP contribution in [0.15, 0.2) is 35.4 Å². The quantitative estimate of drug-likeness (QED) is 0.836. The topological polar surface area (TPSA) is 87.6 Å². The number of aromatic nitrogens is 1. The molecule has 0 amide bonds. The summed E-state index contributed by atoms with van der Waals surface area (Å²) in [5, 5.41) is 10.3. The highest BCUT2D eigenvalue weighted by atomic mass is 32.2. The first kappa shape index (κ1) is 16.1. The van der Waals surface area contributed by atoms with Crippen LogP contribution in [-0.2, 0) is 9.84 Å². The highest BCUT2D eigenvalue weighted by Gasteiger charge is 2.24. The average molecular weight is 352 g/mol. The predicted octanol–water partition coefficient (Wildman–Crippen LogP) is 1.35. The largest absolute Gasteiger partial charge is 0.391 e. The minimum atomic E-state index is -3.36. The summed E-state index contributed by atoms with van der Waals surface area (Å²) in [7, 11) is -3.36. The molecule has 0 aliphatic carbocycles. The Hall–Kier alpha value is -1.77. The van der Waals surface area contributed by atoms with Gasteiger partial charge in [-0.1, -0.05) is 23.5 Å². The Morgan fingerprint density at radius 2 is 2.22 bits per heavy atom. The monoisotopic (exact) mass is 352 g/mol. The van der Waals surface area contributed by atoms with Crippen molar-refractivity contribution in [3.63, 3.8) is 0 Å². The molecule has 1 atom stereocenters. The molecule has 2 heterocycles. The summed E-state index contributed by atoms with van der Waals surface area (Å²) in [5.74, 6) is -0.251. The third-order valence-corrected chi connectivity index (χ3v) is 5.84. The zero-order valence-corrected chi connectivity index (χ0v) is 14.1. The van der Waals surface area contributed by atoms with Crippen LogP contribution >= 0.6 is 11.3 Å². The van der Waals surface area contributed by atoms with E-state index in [0.717, 1.165) is 6.26 Å². The molecule has 8 heteroatoms. The number of ketones is 1. The van der Waals surface area contributed by atoms with Gasteiger partial charge in [-0.05, 0) is 18.6 Å². The number of thiazole rings is 1. The van der Waals surface area contributed by atoms with Gasteiger partial charge in [-0.2, -0.15) is 0 Å². The summed E-state index contributed by atoms with van der Waals surface area (Å²) in [5.41, 5.74) is 0.324. The van der Waals surface area contributed by atoms with Crippen LogP contribution in [0.5, 0.6) is 0 Å². The smallest absolute Gasteiger partial charge is 0.204 e. The van der Waals surface area contributed by atoms with Crippen molar-refractivity contribution in [2.24, 2.45) is 0 Å². The van der Waals surface area contributed by atoms with Crippen LogP contribution < -0.4 is 4.90 Å². The molecule has 0 saturated carbocycles. The summed E-state index contributed by atoms with van der Waals surface area (Å²) >= 11 is 1.25.